The van der Waals surface area contributed by atoms with Crippen LogP contribution < -0.4 is 9.80 Å². The number of rotatable bonds is 6. The van der Waals surface area contributed by atoms with Crippen molar-refractivity contribution in [1.29, 1.82) is 0 Å². The number of aromatic nitrogens is 6. The van der Waals surface area contributed by atoms with Crippen LogP contribution in [0.2, 0.25) is 0 Å². The molecule has 0 aliphatic carbocycles. The van der Waals surface area contributed by atoms with Crippen LogP contribution in [-0.4, -0.2) is 69.4 Å². The summed E-state index contributed by atoms with van der Waals surface area (Å²) in [6.45, 7) is 7.80. The van der Waals surface area contributed by atoms with Gasteiger partial charge in [-0.05, 0) is 5.92 Å². The standard InChI is InChI=1S/C19H25FN8O/c1-13(2)15-14(20)17(22-10-21-15)26-4-6-27(7-5-26)18-16-19(24-11-23-18)28(12-25-16)8-9-29-3/h10-13H,4-9H2,1-3H3. The molecule has 0 atom stereocenters. The number of ether oxygens (including phenoxy) is 1. The SMILES string of the molecule is COCCn1cnc2c(N3CCN(c4ncnc(C(C)C)c4F)CC3)ncnc21. The molecule has 0 spiro atoms. The number of methoxy groups -OCH3 is 1. The molecule has 3 aromatic heterocycles. The number of piperazine rings is 1. The third-order valence-electron chi connectivity index (χ3n) is 5.14. The van der Waals surface area contributed by atoms with Crippen molar-refractivity contribution in [2.45, 2.75) is 26.3 Å². The lowest BCUT2D eigenvalue weighted by molar-refractivity contribution is 0.188. The maximum Gasteiger partial charge on any atom is 0.187 e. The number of anilines is 2. The zero-order valence-corrected chi connectivity index (χ0v) is 16.9. The average Bonchev–Trinajstić information content (AvgIpc) is 3.15. The van der Waals surface area contributed by atoms with Gasteiger partial charge in [0.25, 0.3) is 0 Å². The maximum atomic E-state index is 14.8. The number of halogens is 1. The van der Waals surface area contributed by atoms with Crippen LogP contribution in [0.4, 0.5) is 16.0 Å². The molecule has 0 radical (unpaired) electrons. The molecule has 0 N–H and O–H groups in total. The highest BCUT2D eigenvalue weighted by Crippen LogP contribution is 2.26. The highest BCUT2D eigenvalue weighted by molar-refractivity contribution is 5.83. The van der Waals surface area contributed by atoms with Crippen molar-refractivity contribution in [2.75, 3.05) is 49.7 Å². The largest absolute Gasteiger partial charge is 0.383 e. The first-order chi connectivity index (χ1) is 14.1. The third kappa shape index (κ3) is 3.71. The van der Waals surface area contributed by atoms with Crippen molar-refractivity contribution < 1.29 is 9.13 Å². The van der Waals surface area contributed by atoms with E-state index in [1.165, 1.54) is 6.33 Å². The molecule has 0 unspecified atom stereocenters. The molecule has 3 aromatic rings. The lowest BCUT2D eigenvalue weighted by Crippen LogP contribution is -2.47. The monoisotopic (exact) mass is 400 g/mol. The molecule has 0 amide bonds. The molecule has 0 aromatic carbocycles. The van der Waals surface area contributed by atoms with Crippen LogP contribution in [0.1, 0.15) is 25.5 Å². The van der Waals surface area contributed by atoms with Crippen LogP contribution in [0.25, 0.3) is 11.2 Å². The first-order valence-corrected chi connectivity index (χ1v) is 9.75. The Kier molecular flexibility index (Phi) is 5.52. The van der Waals surface area contributed by atoms with Gasteiger partial charge in [-0.15, -0.1) is 0 Å². The molecule has 9 nitrogen and oxygen atoms in total. The van der Waals surface area contributed by atoms with E-state index >= 15 is 0 Å². The van der Waals surface area contributed by atoms with E-state index in [0.717, 1.165) is 17.0 Å². The van der Waals surface area contributed by atoms with E-state index < -0.39 is 0 Å². The van der Waals surface area contributed by atoms with Crippen LogP contribution >= 0.6 is 0 Å². The Bertz CT molecular complexity index is 983. The van der Waals surface area contributed by atoms with Crippen molar-refractivity contribution >= 4 is 22.8 Å². The van der Waals surface area contributed by atoms with Crippen LogP contribution in [0.5, 0.6) is 0 Å². The highest BCUT2D eigenvalue weighted by atomic mass is 19.1. The summed E-state index contributed by atoms with van der Waals surface area (Å²) in [5, 5.41) is 0. The van der Waals surface area contributed by atoms with Crippen LogP contribution in [0.15, 0.2) is 19.0 Å². The van der Waals surface area contributed by atoms with Crippen LogP contribution in [-0.2, 0) is 11.3 Å². The van der Waals surface area contributed by atoms with E-state index in [2.05, 4.69) is 29.8 Å². The van der Waals surface area contributed by atoms with Gasteiger partial charge in [-0.25, -0.2) is 29.3 Å². The van der Waals surface area contributed by atoms with Crippen LogP contribution in [0.3, 0.4) is 0 Å². The van der Waals surface area contributed by atoms with Crippen molar-refractivity contribution in [2.24, 2.45) is 0 Å². The van der Waals surface area contributed by atoms with Gasteiger partial charge < -0.3 is 19.1 Å². The Morgan fingerprint density at radius 2 is 1.62 bits per heavy atom. The fourth-order valence-electron chi connectivity index (χ4n) is 3.58. The van der Waals surface area contributed by atoms with Gasteiger partial charge in [0.1, 0.15) is 12.7 Å². The molecule has 10 heteroatoms. The molecular formula is C19H25FN8O. The van der Waals surface area contributed by atoms with E-state index in [0.29, 0.717) is 50.8 Å². The smallest absolute Gasteiger partial charge is 0.187 e. The number of hydrogen-bond donors (Lipinski definition) is 0. The summed E-state index contributed by atoms with van der Waals surface area (Å²) < 4.78 is 21.9. The highest BCUT2D eigenvalue weighted by Gasteiger charge is 2.25. The summed E-state index contributed by atoms with van der Waals surface area (Å²) in [4.78, 5) is 25.8. The molecule has 4 rings (SSSR count). The quantitative estimate of drug-likeness (QED) is 0.620. The zero-order valence-electron chi connectivity index (χ0n) is 16.9. The van der Waals surface area contributed by atoms with Crippen molar-refractivity contribution in [3.8, 4) is 0 Å². The van der Waals surface area contributed by atoms with Gasteiger partial charge >= 0.3 is 0 Å². The Hall–Kier alpha value is -2.88. The first kappa shape index (κ1) is 19.4. The maximum absolute atomic E-state index is 14.8. The van der Waals surface area contributed by atoms with E-state index in [9.17, 15) is 4.39 Å². The summed E-state index contributed by atoms with van der Waals surface area (Å²) in [5.41, 5.74) is 2.02. The predicted octanol–water partition coefficient (Wildman–Crippen LogP) is 1.85. The van der Waals surface area contributed by atoms with Gasteiger partial charge in [0.2, 0.25) is 0 Å². The topological polar surface area (TPSA) is 85.1 Å². The van der Waals surface area contributed by atoms with Crippen molar-refractivity contribution in [3.05, 3.63) is 30.5 Å². The first-order valence-electron chi connectivity index (χ1n) is 9.75. The molecule has 29 heavy (non-hydrogen) atoms. The molecule has 1 fully saturated rings. The molecule has 1 saturated heterocycles. The van der Waals surface area contributed by atoms with Gasteiger partial charge in [0, 0.05) is 39.8 Å². The van der Waals surface area contributed by atoms with Crippen molar-refractivity contribution in [1.82, 2.24) is 29.5 Å². The third-order valence-corrected chi connectivity index (χ3v) is 5.14. The number of nitrogens with zero attached hydrogens (tertiary/aromatic N) is 8. The minimum atomic E-state index is -0.322. The summed E-state index contributed by atoms with van der Waals surface area (Å²) >= 11 is 0. The second-order valence-corrected chi connectivity index (χ2v) is 7.33. The molecular weight excluding hydrogens is 375 g/mol. The summed E-state index contributed by atoms with van der Waals surface area (Å²) in [6, 6.07) is 0. The predicted molar refractivity (Wildman–Crippen MR) is 108 cm³/mol. The van der Waals surface area contributed by atoms with Gasteiger partial charge in [-0.2, -0.15) is 0 Å². The molecule has 0 bridgehead atoms. The minimum Gasteiger partial charge on any atom is -0.383 e. The minimum absolute atomic E-state index is 0.0144. The van der Waals surface area contributed by atoms with Crippen LogP contribution in [0, 0.1) is 5.82 Å². The molecule has 1 aliphatic heterocycles. The number of hydrogen-bond acceptors (Lipinski definition) is 8. The lowest BCUT2D eigenvalue weighted by atomic mass is 10.1. The summed E-state index contributed by atoms with van der Waals surface area (Å²) in [5.74, 6) is 0.870. The zero-order chi connectivity index (χ0) is 20.4. The van der Waals surface area contributed by atoms with E-state index in [4.69, 9.17) is 4.74 Å². The Morgan fingerprint density at radius 3 is 2.31 bits per heavy atom. The van der Waals surface area contributed by atoms with Gasteiger partial charge in [-0.3, -0.25) is 0 Å². The molecule has 154 valence electrons. The lowest BCUT2D eigenvalue weighted by Gasteiger charge is -2.36. The van der Waals surface area contributed by atoms with Gasteiger partial charge in [-0.1, -0.05) is 13.8 Å². The van der Waals surface area contributed by atoms with Crippen molar-refractivity contribution in [3.63, 3.8) is 0 Å². The van der Waals surface area contributed by atoms with E-state index in [1.54, 1.807) is 19.8 Å². The van der Waals surface area contributed by atoms with Gasteiger partial charge in [0.15, 0.2) is 28.6 Å². The fraction of sp³-hybridized carbons (Fsp3) is 0.526. The summed E-state index contributed by atoms with van der Waals surface area (Å²) in [7, 11) is 1.67. The molecule has 1 aliphatic rings. The molecule has 0 saturated carbocycles. The van der Waals surface area contributed by atoms with E-state index in [-0.39, 0.29) is 11.7 Å². The Labute approximate surface area is 168 Å². The van der Waals surface area contributed by atoms with Gasteiger partial charge in [0.05, 0.1) is 18.6 Å². The summed E-state index contributed by atoms with van der Waals surface area (Å²) in [6.07, 6.45) is 4.77. The molecule has 4 heterocycles. The fourth-order valence-corrected chi connectivity index (χ4v) is 3.58. The second-order valence-electron chi connectivity index (χ2n) is 7.33. The number of imidazole rings is 1. The van der Waals surface area contributed by atoms with E-state index in [1.807, 2.05) is 23.3 Å². The Balaban J connectivity index is 1.52. The number of fused-ring (bicyclic) bond motifs is 1. The second kappa shape index (κ2) is 8.24. The Morgan fingerprint density at radius 1 is 0.966 bits per heavy atom. The normalized spacial score (nSPS) is 14.9. The average molecular weight is 400 g/mol.